The average Bonchev–Trinajstić information content (AvgIpc) is 2.86. The molecule has 1 amide bonds. The summed E-state index contributed by atoms with van der Waals surface area (Å²) in [7, 11) is 0. The molecule has 0 bridgehead atoms. The van der Waals surface area contributed by atoms with Gasteiger partial charge < -0.3 is 10.1 Å². The van der Waals surface area contributed by atoms with Crippen LogP contribution in [0.1, 0.15) is 39.7 Å². The summed E-state index contributed by atoms with van der Waals surface area (Å²) in [4.78, 5) is 20.7. The van der Waals surface area contributed by atoms with Gasteiger partial charge in [0.25, 0.3) is 0 Å². The highest BCUT2D eigenvalue weighted by Crippen LogP contribution is 2.07. The normalized spacial score (nSPS) is 15.7. The van der Waals surface area contributed by atoms with E-state index in [0.29, 0.717) is 18.9 Å². The molecular weight excluding hydrogens is 302 g/mol. The Morgan fingerprint density at radius 1 is 1.32 bits per heavy atom. The van der Waals surface area contributed by atoms with Crippen LogP contribution in [0.25, 0.3) is 0 Å². The summed E-state index contributed by atoms with van der Waals surface area (Å²) in [5, 5.41) is 2.50. The number of hydrogen-bond acceptors (Lipinski definition) is 3. The van der Waals surface area contributed by atoms with E-state index in [-0.39, 0.29) is 17.4 Å². The van der Waals surface area contributed by atoms with Gasteiger partial charge in [0, 0.05) is 6.42 Å². The molecule has 0 spiro atoms. The van der Waals surface area contributed by atoms with Crippen molar-refractivity contribution in [1.29, 1.82) is 0 Å². The maximum Gasteiger partial charge on any atom is 0.407 e. The molecule has 0 aliphatic carbocycles. The van der Waals surface area contributed by atoms with Gasteiger partial charge in [-0.3, -0.25) is 4.79 Å². The highest BCUT2D eigenvalue weighted by Gasteiger charge is 2.21. The minimum Gasteiger partial charge on any atom is -0.447 e. The number of halogens is 1. The van der Waals surface area contributed by atoms with Crippen LogP contribution in [0.3, 0.4) is 0 Å². The molecule has 22 heavy (non-hydrogen) atoms. The van der Waals surface area contributed by atoms with Gasteiger partial charge in [-0.05, 0) is 29.5 Å². The van der Waals surface area contributed by atoms with Crippen molar-refractivity contribution in [3.8, 4) is 0 Å². The zero-order chi connectivity index (χ0) is 17.0. The Hall–Kier alpha value is -1.55. The van der Waals surface area contributed by atoms with E-state index in [1.54, 1.807) is 0 Å². The Morgan fingerprint density at radius 2 is 1.91 bits per heavy atom. The first-order valence-electron chi connectivity index (χ1n) is 7.63. The molecule has 1 fully saturated rings. The lowest BCUT2D eigenvalue weighted by Gasteiger charge is -2.05. The lowest BCUT2D eigenvalue weighted by Crippen LogP contribution is -2.28. The molecule has 0 aromatic heterocycles. The molecule has 1 saturated heterocycles. The molecule has 1 heterocycles. The van der Waals surface area contributed by atoms with Gasteiger partial charge in [0.15, 0.2) is 0 Å². The Morgan fingerprint density at radius 3 is 2.27 bits per heavy atom. The standard InChI is InChI=1S/C10H11NO2.C5H9ClO.C2H6/c12-10-11-9(7-13-10)6-8-4-2-1-3-5-8;1-4(2)3-5(6)7;1-2/h1-5,9H,6-7H2,(H,11,12);4H,3H2,1-2H3;1-2H3. The van der Waals surface area contributed by atoms with Gasteiger partial charge >= 0.3 is 6.09 Å². The molecule has 2 rings (SSSR count). The first kappa shape index (κ1) is 20.5. The van der Waals surface area contributed by atoms with Gasteiger partial charge in [-0.25, -0.2) is 4.79 Å². The van der Waals surface area contributed by atoms with Crippen molar-refractivity contribution in [3.63, 3.8) is 0 Å². The van der Waals surface area contributed by atoms with Crippen molar-refractivity contribution < 1.29 is 14.3 Å². The summed E-state index contributed by atoms with van der Waals surface area (Å²) in [6.45, 7) is 8.40. The van der Waals surface area contributed by atoms with Crippen molar-refractivity contribution in [2.75, 3.05) is 6.61 Å². The minimum atomic E-state index is -0.305. The van der Waals surface area contributed by atoms with Crippen LogP contribution in [0.4, 0.5) is 4.79 Å². The van der Waals surface area contributed by atoms with E-state index in [9.17, 15) is 9.59 Å². The summed E-state index contributed by atoms with van der Waals surface area (Å²) in [6, 6.07) is 10.2. The number of amides is 1. The zero-order valence-electron chi connectivity index (χ0n) is 13.8. The third-order valence-electron chi connectivity index (χ3n) is 2.63. The Kier molecular flexibility index (Phi) is 11.2. The predicted octanol–water partition coefficient (Wildman–Crippen LogP) is 4.16. The van der Waals surface area contributed by atoms with Crippen LogP contribution in [0.15, 0.2) is 30.3 Å². The maximum atomic E-state index is 10.7. The van der Waals surface area contributed by atoms with Crippen molar-refractivity contribution >= 4 is 22.9 Å². The Labute approximate surface area is 138 Å². The highest BCUT2D eigenvalue weighted by atomic mass is 35.5. The number of benzene rings is 1. The number of carbonyl (C=O) groups excluding carboxylic acids is 2. The summed E-state index contributed by atoms with van der Waals surface area (Å²) in [5.74, 6) is 0.394. The molecule has 1 aromatic rings. The van der Waals surface area contributed by atoms with E-state index in [4.69, 9.17) is 16.3 Å². The molecule has 4 nitrogen and oxygen atoms in total. The summed E-state index contributed by atoms with van der Waals surface area (Å²) < 4.78 is 4.79. The number of cyclic esters (lactones) is 1. The number of carbonyl (C=O) groups is 2. The van der Waals surface area contributed by atoms with E-state index in [2.05, 4.69) is 5.32 Å². The topological polar surface area (TPSA) is 55.4 Å². The molecule has 5 heteroatoms. The number of alkyl carbamates (subject to hydrolysis) is 1. The average molecular weight is 328 g/mol. The van der Waals surface area contributed by atoms with Gasteiger partial charge in [0.1, 0.15) is 6.61 Å². The SMILES string of the molecule is CC.CC(C)CC(=O)Cl.O=C1NC(Cc2ccccc2)CO1. The zero-order valence-corrected chi connectivity index (χ0v) is 14.5. The molecular formula is C17H26ClNO3. The first-order valence-corrected chi connectivity index (χ1v) is 8.00. The van der Waals surface area contributed by atoms with E-state index in [1.165, 1.54) is 5.56 Å². The van der Waals surface area contributed by atoms with Gasteiger partial charge in [-0.15, -0.1) is 0 Å². The van der Waals surface area contributed by atoms with E-state index >= 15 is 0 Å². The van der Waals surface area contributed by atoms with E-state index in [1.807, 2.05) is 58.0 Å². The third-order valence-corrected chi connectivity index (χ3v) is 2.79. The Balaban J connectivity index is 0.000000421. The number of rotatable bonds is 4. The van der Waals surface area contributed by atoms with Gasteiger partial charge in [-0.1, -0.05) is 58.0 Å². The summed E-state index contributed by atoms with van der Waals surface area (Å²) >= 11 is 5.03. The number of nitrogens with one attached hydrogen (secondary N) is 1. The van der Waals surface area contributed by atoms with E-state index < -0.39 is 0 Å². The smallest absolute Gasteiger partial charge is 0.407 e. The fourth-order valence-corrected chi connectivity index (χ4v) is 2.06. The molecule has 1 atom stereocenters. The second kappa shape index (κ2) is 12.0. The molecule has 1 aliphatic rings. The van der Waals surface area contributed by atoms with E-state index in [0.717, 1.165) is 6.42 Å². The largest absolute Gasteiger partial charge is 0.447 e. The predicted molar refractivity (Wildman–Crippen MR) is 90.1 cm³/mol. The van der Waals surface area contributed by atoms with Crippen LogP contribution in [0, 0.1) is 5.92 Å². The second-order valence-corrected chi connectivity index (χ2v) is 5.50. The van der Waals surface area contributed by atoms with Crippen molar-refractivity contribution in [3.05, 3.63) is 35.9 Å². The maximum absolute atomic E-state index is 10.7. The number of ether oxygens (including phenoxy) is 1. The minimum absolute atomic E-state index is 0.134. The fourth-order valence-electron chi connectivity index (χ4n) is 1.76. The van der Waals surface area contributed by atoms with Crippen LogP contribution in [-0.2, 0) is 16.0 Å². The fraction of sp³-hybridized carbons (Fsp3) is 0.529. The van der Waals surface area contributed by atoms with Crippen LogP contribution < -0.4 is 5.32 Å². The van der Waals surface area contributed by atoms with Crippen LogP contribution >= 0.6 is 11.6 Å². The monoisotopic (exact) mass is 327 g/mol. The second-order valence-electron chi connectivity index (χ2n) is 5.08. The molecule has 0 radical (unpaired) electrons. The Bertz CT molecular complexity index is 435. The third kappa shape index (κ3) is 10.2. The quantitative estimate of drug-likeness (QED) is 0.845. The van der Waals surface area contributed by atoms with Crippen LogP contribution in [-0.4, -0.2) is 24.0 Å². The molecule has 1 N–H and O–H groups in total. The highest BCUT2D eigenvalue weighted by molar-refractivity contribution is 6.63. The van der Waals surface area contributed by atoms with Crippen LogP contribution in [0.5, 0.6) is 0 Å². The van der Waals surface area contributed by atoms with Gasteiger partial charge in [0.05, 0.1) is 6.04 Å². The molecule has 1 aromatic carbocycles. The molecule has 1 unspecified atom stereocenters. The summed E-state index contributed by atoms with van der Waals surface area (Å²) in [6.07, 6.45) is 1.02. The molecule has 124 valence electrons. The van der Waals surface area contributed by atoms with Crippen molar-refractivity contribution in [1.82, 2.24) is 5.32 Å². The van der Waals surface area contributed by atoms with Crippen LogP contribution in [0.2, 0.25) is 0 Å². The number of hydrogen-bond donors (Lipinski definition) is 1. The van der Waals surface area contributed by atoms with Gasteiger partial charge in [0.2, 0.25) is 5.24 Å². The summed E-state index contributed by atoms with van der Waals surface area (Å²) in [5.41, 5.74) is 1.22. The molecule has 0 saturated carbocycles. The lowest BCUT2D eigenvalue weighted by atomic mass is 10.1. The van der Waals surface area contributed by atoms with Gasteiger partial charge in [-0.2, -0.15) is 0 Å². The molecule has 1 aliphatic heterocycles. The lowest BCUT2D eigenvalue weighted by molar-refractivity contribution is -0.112. The van der Waals surface area contributed by atoms with Crippen molar-refractivity contribution in [2.45, 2.75) is 46.6 Å². The first-order chi connectivity index (χ1) is 10.5. The van der Waals surface area contributed by atoms with Crippen molar-refractivity contribution in [2.24, 2.45) is 5.92 Å².